The molecule has 0 spiro atoms. The van der Waals surface area contributed by atoms with E-state index in [1.54, 1.807) is 32.9 Å². The molecule has 0 unspecified atom stereocenters. The SMILES string of the molecule is C[C@H](NC(=O)c1ccc(CNC(=O)OC(C)(C)C)o1)C(C)(C)C. The van der Waals surface area contributed by atoms with E-state index in [1.807, 2.05) is 6.92 Å². The number of alkyl carbamates (subject to hydrolysis) is 1. The second-order valence-electron chi connectivity index (χ2n) is 7.68. The Hall–Kier alpha value is -1.98. The van der Waals surface area contributed by atoms with Gasteiger partial charge in [-0.25, -0.2) is 4.79 Å². The van der Waals surface area contributed by atoms with Crippen LogP contribution < -0.4 is 10.6 Å². The summed E-state index contributed by atoms with van der Waals surface area (Å²) < 4.78 is 10.6. The summed E-state index contributed by atoms with van der Waals surface area (Å²) in [6.07, 6.45) is -0.527. The van der Waals surface area contributed by atoms with Crippen molar-refractivity contribution >= 4 is 12.0 Å². The van der Waals surface area contributed by atoms with Gasteiger partial charge in [0.05, 0.1) is 6.54 Å². The summed E-state index contributed by atoms with van der Waals surface area (Å²) in [7, 11) is 0. The molecule has 1 aromatic heterocycles. The topological polar surface area (TPSA) is 80.6 Å². The van der Waals surface area contributed by atoms with Crippen molar-refractivity contribution in [3.8, 4) is 0 Å². The Morgan fingerprint density at radius 3 is 2.30 bits per heavy atom. The zero-order chi connectivity index (χ0) is 17.8. The van der Waals surface area contributed by atoms with Gasteiger partial charge in [-0.05, 0) is 45.2 Å². The number of rotatable bonds is 4. The van der Waals surface area contributed by atoms with Gasteiger partial charge in [0.25, 0.3) is 5.91 Å². The van der Waals surface area contributed by atoms with Crippen LogP contribution in [0.4, 0.5) is 4.79 Å². The van der Waals surface area contributed by atoms with Crippen molar-refractivity contribution in [3.05, 3.63) is 23.7 Å². The quantitative estimate of drug-likeness (QED) is 0.888. The highest BCUT2D eigenvalue weighted by molar-refractivity contribution is 5.91. The van der Waals surface area contributed by atoms with Crippen molar-refractivity contribution in [2.45, 2.75) is 66.7 Å². The molecule has 1 atom stereocenters. The highest BCUT2D eigenvalue weighted by Gasteiger charge is 2.23. The summed E-state index contributed by atoms with van der Waals surface area (Å²) in [5, 5.41) is 5.49. The highest BCUT2D eigenvalue weighted by Crippen LogP contribution is 2.19. The maximum absolute atomic E-state index is 12.1. The zero-order valence-electron chi connectivity index (χ0n) is 15.1. The molecule has 23 heavy (non-hydrogen) atoms. The number of carbonyl (C=O) groups is 2. The van der Waals surface area contributed by atoms with E-state index in [-0.39, 0.29) is 29.7 Å². The minimum absolute atomic E-state index is 0.00318. The van der Waals surface area contributed by atoms with E-state index in [0.29, 0.717) is 5.76 Å². The van der Waals surface area contributed by atoms with Crippen LogP contribution in [0.1, 0.15) is 64.8 Å². The van der Waals surface area contributed by atoms with Crippen LogP contribution in [0.5, 0.6) is 0 Å². The number of amides is 2. The Bertz CT molecular complexity index is 550. The molecule has 0 aliphatic rings. The fraction of sp³-hybridized carbons (Fsp3) is 0.647. The van der Waals surface area contributed by atoms with Gasteiger partial charge in [-0.15, -0.1) is 0 Å². The van der Waals surface area contributed by atoms with Gasteiger partial charge in [0.2, 0.25) is 0 Å². The number of hydrogen-bond acceptors (Lipinski definition) is 4. The number of furan rings is 1. The van der Waals surface area contributed by atoms with Gasteiger partial charge in [0.1, 0.15) is 11.4 Å². The van der Waals surface area contributed by atoms with Gasteiger partial charge in [0, 0.05) is 6.04 Å². The lowest BCUT2D eigenvalue weighted by Crippen LogP contribution is -2.41. The van der Waals surface area contributed by atoms with E-state index in [1.165, 1.54) is 0 Å². The van der Waals surface area contributed by atoms with Crippen molar-refractivity contribution < 1.29 is 18.7 Å². The molecule has 0 aliphatic carbocycles. The second-order valence-corrected chi connectivity index (χ2v) is 7.68. The highest BCUT2D eigenvalue weighted by atomic mass is 16.6. The van der Waals surface area contributed by atoms with Crippen LogP contribution in [0.3, 0.4) is 0 Å². The monoisotopic (exact) mass is 324 g/mol. The third-order valence-electron chi connectivity index (χ3n) is 3.34. The van der Waals surface area contributed by atoms with Gasteiger partial charge < -0.3 is 19.8 Å². The normalized spacial score (nSPS) is 13.3. The maximum Gasteiger partial charge on any atom is 0.408 e. The molecule has 6 heteroatoms. The van der Waals surface area contributed by atoms with E-state index in [0.717, 1.165) is 0 Å². The van der Waals surface area contributed by atoms with E-state index in [2.05, 4.69) is 31.4 Å². The van der Waals surface area contributed by atoms with Gasteiger partial charge in [-0.1, -0.05) is 20.8 Å². The molecule has 2 amide bonds. The average molecular weight is 324 g/mol. The Balaban J connectivity index is 2.55. The van der Waals surface area contributed by atoms with Crippen LogP contribution in [-0.4, -0.2) is 23.6 Å². The summed E-state index contributed by atoms with van der Waals surface area (Å²) in [5.74, 6) is 0.447. The lowest BCUT2D eigenvalue weighted by molar-refractivity contribution is 0.0520. The summed E-state index contributed by atoms with van der Waals surface area (Å²) in [6, 6.07) is 3.26. The molecule has 0 radical (unpaired) electrons. The summed E-state index contributed by atoms with van der Waals surface area (Å²) in [4.78, 5) is 23.7. The van der Waals surface area contributed by atoms with Gasteiger partial charge >= 0.3 is 6.09 Å². The number of carbonyl (C=O) groups excluding carboxylic acids is 2. The number of nitrogens with one attached hydrogen (secondary N) is 2. The molecule has 0 aromatic carbocycles. The van der Waals surface area contributed by atoms with Crippen molar-refractivity contribution in [2.75, 3.05) is 0 Å². The van der Waals surface area contributed by atoms with Crippen LogP contribution in [0.25, 0.3) is 0 Å². The largest absolute Gasteiger partial charge is 0.454 e. The zero-order valence-corrected chi connectivity index (χ0v) is 15.1. The van der Waals surface area contributed by atoms with Gasteiger partial charge in [0.15, 0.2) is 5.76 Å². The molecule has 130 valence electrons. The molecular formula is C17H28N2O4. The third-order valence-corrected chi connectivity index (χ3v) is 3.34. The maximum atomic E-state index is 12.1. The Labute approximate surface area is 138 Å². The van der Waals surface area contributed by atoms with Crippen molar-refractivity contribution in [3.63, 3.8) is 0 Å². The molecule has 2 N–H and O–H groups in total. The molecular weight excluding hydrogens is 296 g/mol. The molecule has 0 fully saturated rings. The minimum atomic E-state index is -0.554. The predicted octanol–water partition coefficient (Wildman–Crippen LogP) is 3.47. The van der Waals surface area contributed by atoms with E-state index < -0.39 is 11.7 Å². The first-order chi connectivity index (χ1) is 10.4. The Morgan fingerprint density at radius 1 is 1.17 bits per heavy atom. The van der Waals surface area contributed by atoms with E-state index in [4.69, 9.17) is 9.15 Å². The molecule has 6 nitrogen and oxygen atoms in total. The first-order valence-electron chi connectivity index (χ1n) is 7.75. The van der Waals surface area contributed by atoms with Crippen molar-refractivity contribution in [2.24, 2.45) is 5.41 Å². The predicted molar refractivity (Wildman–Crippen MR) is 88.2 cm³/mol. The number of hydrogen-bond donors (Lipinski definition) is 2. The van der Waals surface area contributed by atoms with Crippen LogP contribution in [0.2, 0.25) is 0 Å². The fourth-order valence-electron chi connectivity index (χ4n) is 1.55. The van der Waals surface area contributed by atoms with Crippen LogP contribution >= 0.6 is 0 Å². The molecule has 1 rings (SSSR count). The molecule has 0 saturated heterocycles. The van der Waals surface area contributed by atoms with Crippen molar-refractivity contribution in [1.82, 2.24) is 10.6 Å². The van der Waals surface area contributed by atoms with Crippen LogP contribution in [0, 0.1) is 5.41 Å². The minimum Gasteiger partial charge on any atom is -0.454 e. The molecule has 0 bridgehead atoms. The lowest BCUT2D eigenvalue weighted by Gasteiger charge is -2.27. The van der Waals surface area contributed by atoms with E-state index in [9.17, 15) is 9.59 Å². The smallest absolute Gasteiger partial charge is 0.408 e. The number of ether oxygens (including phenoxy) is 1. The summed E-state index contributed by atoms with van der Waals surface area (Å²) in [5.41, 5.74) is -0.593. The molecule has 1 aromatic rings. The first kappa shape index (κ1) is 19.1. The van der Waals surface area contributed by atoms with Crippen LogP contribution in [-0.2, 0) is 11.3 Å². The summed E-state index contributed by atoms with van der Waals surface area (Å²) >= 11 is 0. The molecule has 1 heterocycles. The second kappa shape index (κ2) is 7.06. The molecule has 0 aliphatic heterocycles. The van der Waals surface area contributed by atoms with Crippen molar-refractivity contribution in [1.29, 1.82) is 0 Å². The van der Waals surface area contributed by atoms with Crippen LogP contribution in [0.15, 0.2) is 16.5 Å². The third kappa shape index (κ3) is 6.76. The Kier molecular flexibility index (Phi) is 5.86. The standard InChI is InChI=1S/C17H28N2O4/c1-11(16(2,3)4)19-14(20)13-9-8-12(22-13)10-18-15(21)23-17(5,6)7/h8-9,11H,10H2,1-7H3,(H,18,21)(H,19,20)/t11-/m0/s1. The van der Waals surface area contributed by atoms with E-state index >= 15 is 0 Å². The molecule has 0 saturated carbocycles. The van der Waals surface area contributed by atoms with Gasteiger partial charge in [-0.3, -0.25) is 4.79 Å². The van der Waals surface area contributed by atoms with Gasteiger partial charge in [-0.2, -0.15) is 0 Å². The fourth-order valence-corrected chi connectivity index (χ4v) is 1.55. The average Bonchev–Trinajstić information content (AvgIpc) is 2.81. The first-order valence-corrected chi connectivity index (χ1v) is 7.75. The Morgan fingerprint density at radius 2 is 1.78 bits per heavy atom. The summed E-state index contributed by atoms with van der Waals surface area (Å²) in [6.45, 7) is 13.6. The lowest BCUT2D eigenvalue weighted by atomic mass is 9.88.